The predicted molar refractivity (Wildman–Crippen MR) is 60.6 cm³/mol. The van der Waals surface area contributed by atoms with Crippen LogP contribution < -0.4 is 5.73 Å². The van der Waals surface area contributed by atoms with Crippen LogP contribution >= 0.6 is 11.8 Å². The van der Waals surface area contributed by atoms with Gasteiger partial charge in [-0.2, -0.15) is 11.8 Å². The topological polar surface area (TPSA) is 69.6 Å². The quantitative estimate of drug-likeness (QED) is 0.838. The first-order chi connectivity index (χ1) is 7.24. The highest BCUT2D eigenvalue weighted by molar-refractivity contribution is 7.99. The summed E-state index contributed by atoms with van der Waals surface area (Å²) >= 11 is 1.90. The second-order valence-corrected chi connectivity index (χ2v) is 5.12. The molecule has 0 bridgehead atoms. The van der Waals surface area contributed by atoms with Gasteiger partial charge in [-0.3, -0.25) is 0 Å². The fourth-order valence-corrected chi connectivity index (χ4v) is 3.17. The average Bonchev–Trinajstić information content (AvgIpc) is 2.85. The Morgan fingerprint density at radius 2 is 2.33 bits per heavy atom. The summed E-state index contributed by atoms with van der Waals surface area (Å²) in [4.78, 5) is 0. The fourth-order valence-electron chi connectivity index (χ4n) is 2.20. The molecule has 1 saturated carbocycles. The predicted octanol–water partition coefficient (Wildman–Crippen LogP) is 1.15. The van der Waals surface area contributed by atoms with Gasteiger partial charge in [0, 0.05) is 5.25 Å². The summed E-state index contributed by atoms with van der Waals surface area (Å²) < 4.78 is 1.93. The molecule has 0 spiro atoms. The van der Waals surface area contributed by atoms with Crippen LogP contribution in [0.3, 0.4) is 0 Å². The molecule has 1 aliphatic carbocycles. The van der Waals surface area contributed by atoms with Gasteiger partial charge in [-0.05, 0) is 36.4 Å². The van der Waals surface area contributed by atoms with E-state index in [4.69, 9.17) is 5.73 Å². The number of rotatable bonds is 3. The van der Waals surface area contributed by atoms with Crippen LogP contribution in [0.25, 0.3) is 0 Å². The lowest BCUT2D eigenvalue weighted by molar-refractivity contribution is 0.435. The Balaban J connectivity index is 2.24. The third-order valence-electron chi connectivity index (χ3n) is 2.96. The van der Waals surface area contributed by atoms with E-state index in [2.05, 4.69) is 21.8 Å². The highest BCUT2D eigenvalue weighted by Crippen LogP contribution is 2.37. The Morgan fingerprint density at radius 3 is 3.00 bits per heavy atom. The molecule has 15 heavy (non-hydrogen) atoms. The molecule has 2 rings (SSSR count). The van der Waals surface area contributed by atoms with Crippen LogP contribution in [-0.2, 0) is 0 Å². The van der Waals surface area contributed by atoms with E-state index in [1.54, 1.807) is 0 Å². The molecular weight excluding hydrogens is 210 g/mol. The van der Waals surface area contributed by atoms with E-state index < -0.39 is 0 Å². The minimum absolute atomic E-state index is 0.0943. The Labute approximate surface area is 93.8 Å². The van der Waals surface area contributed by atoms with E-state index in [9.17, 15) is 0 Å². The van der Waals surface area contributed by atoms with Gasteiger partial charge in [0.2, 0.25) is 0 Å². The number of aromatic nitrogens is 4. The molecule has 1 aromatic rings. The molecule has 6 heteroatoms. The third kappa shape index (κ3) is 2.01. The molecule has 1 aliphatic rings. The Hall–Kier alpha value is -0.620. The fraction of sp³-hybridized carbons (Fsp3) is 0.889. The summed E-state index contributed by atoms with van der Waals surface area (Å²) in [5.74, 6) is 0.806. The van der Waals surface area contributed by atoms with Gasteiger partial charge in [0.25, 0.3) is 0 Å². The lowest BCUT2D eigenvalue weighted by atomic mass is 10.2. The summed E-state index contributed by atoms with van der Waals surface area (Å²) in [7, 11) is 0. The van der Waals surface area contributed by atoms with Crippen molar-refractivity contribution in [3.05, 3.63) is 5.82 Å². The van der Waals surface area contributed by atoms with Crippen LogP contribution in [0.5, 0.6) is 0 Å². The van der Waals surface area contributed by atoms with Gasteiger partial charge >= 0.3 is 0 Å². The molecule has 3 unspecified atom stereocenters. The van der Waals surface area contributed by atoms with Crippen molar-refractivity contribution in [1.82, 2.24) is 20.2 Å². The van der Waals surface area contributed by atoms with E-state index in [1.807, 2.05) is 23.4 Å². The lowest BCUT2D eigenvalue weighted by Gasteiger charge is -2.19. The molecule has 0 aliphatic heterocycles. The van der Waals surface area contributed by atoms with E-state index in [1.165, 1.54) is 12.8 Å². The molecule has 0 saturated heterocycles. The molecule has 0 radical (unpaired) electrons. The second kappa shape index (κ2) is 4.49. The summed E-state index contributed by atoms with van der Waals surface area (Å²) in [5, 5.41) is 12.4. The van der Waals surface area contributed by atoms with Gasteiger partial charge in [0.15, 0.2) is 5.82 Å². The van der Waals surface area contributed by atoms with Gasteiger partial charge < -0.3 is 5.73 Å². The zero-order chi connectivity index (χ0) is 10.8. The SMILES string of the molecule is CSC1CCCC1n1nnnc1C(C)N. The molecule has 0 aromatic carbocycles. The van der Waals surface area contributed by atoms with Crippen LogP contribution in [0.1, 0.15) is 44.1 Å². The van der Waals surface area contributed by atoms with Crippen LogP contribution in [0.4, 0.5) is 0 Å². The maximum atomic E-state index is 5.84. The van der Waals surface area contributed by atoms with E-state index in [-0.39, 0.29) is 6.04 Å². The molecular formula is C9H17N5S. The molecule has 5 nitrogen and oxygen atoms in total. The third-order valence-corrected chi connectivity index (χ3v) is 4.12. The monoisotopic (exact) mass is 227 g/mol. The maximum Gasteiger partial charge on any atom is 0.168 e. The Bertz CT molecular complexity index is 324. The molecule has 1 fully saturated rings. The number of nitrogens with two attached hydrogens (primary N) is 1. The van der Waals surface area contributed by atoms with Crippen molar-refractivity contribution in [2.24, 2.45) is 5.73 Å². The zero-order valence-corrected chi connectivity index (χ0v) is 9.94. The maximum absolute atomic E-state index is 5.84. The van der Waals surface area contributed by atoms with Gasteiger partial charge in [-0.1, -0.05) is 6.42 Å². The van der Waals surface area contributed by atoms with Crippen LogP contribution in [0, 0.1) is 0 Å². The van der Waals surface area contributed by atoms with E-state index in [0.29, 0.717) is 11.3 Å². The lowest BCUT2D eigenvalue weighted by Crippen LogP contribution is -2.22. The summed E-state index contributed by atoms with van der Waals surface area (Å²) in [6.07, 6.45) is 5.83. The van der Waals surface area contributed by atoms with Gasteiger partial charge in [-0.25, -0.2) is 4.68 Å². The van der Waals surface area contributed by atoms with Gasteiger partial charge in [0.05, 0.1) is 12.1 Å². The highest BCUT2D eigenvalue weighted by atomic mass is 32.2. The van der Waals surface area contributed by atoms with E-state index >= 15 is 0 Å². The van der Waals surface area contributed by atoms with Crippen molar-refractivity contribution in [2.75, 3.05) is 6.26 Å². The van der Waals surface area contributed by atoms with Crippen molar-refractivity contribution in [3.8, 4) is 0 Å². The van der Waals surface area contributed by atoms with Crippen molar-refractivity contribution in [3.63, 3.8) is 0 Å². The van der Waals surface area contributed by atoms with Crippen LogP contribution in [0.15, 0.2) is 0 Å². The standard InChI is InChI=1S/C9H17N5S/c1-6(10)9-11-12-13-14(9)7-4-3-5-8(7)15-2/h6-8H,3-5,10H2,1-2H3. The minimum Gasteiger partial charge on any atom is -0.322 e. The molecule has 84 valence electrons. The normalized spacial score (nSPS) is 28.2. The largest absolute Gasteiger partial charge is 0.322 e. The average molecular weight is 227 g/mol. The first-order valence-electron chi connectivity index (χ1n) is 5.30. The Morgan fingerprint density at radius 1 is 1.53 bits per heavy atom. The molecule has 1 aromatic heterocycles. The molecule has 1 heterocycles. The van der Waals surface area contributed by atoms with Crippen molar-refractivity contribution in [1.29, 1.82) is 0 Å². The first-order valence-corrected chi connectivity index (χ1v) is 6.59. The van der Waals surface area contributed by atoms with Crippen LogP contribution in [-0.4, -0.2) is 31.7 Å². The van der Waals surface area contributed by atoms with Crippen LogP contribution in [0.2, 0.25) is 0 Å². The Kier molecular flexibility index (Phi) is 3.25. The van der Waals surface area contributed by atoms with E-state index in [0.717, 1.165) is 12.2 Å². The number of thioether (sulfide) groups is 1. The smallest absolute Gasteiger partial charge is 0.168 e. The number of tetrazole rings is 1. The number of hydrogen-bond donors (Lipinski definition) is 1. The molecule has 2 N–H and O–H groups in total. The molecule has 3 atom stereocenters. The van der Waals surface area contributed by atoms with Crippen molar-refractivity contribution in [2.45, 2.75) is 43.5 Å². The minimum atomic E-state index is -0.0943. The van der Waals surface area contributed by atoms with Crippen molar-refractivity contribution >= 4 is 11.8 Å². The summed E-state index contributed by atoms with van der Waals surface area (Å²) in [5.41, 5.74) is 5.84. The molecule has 0 amide bonds. The summed E-state index contributed by atoms with van der Waals surface area (Å²) in [6.45, 7) is 1.92. The van der Waals surface area contributed by atoms with Crippen molar-refractivity contribution < 1.29 is 0 Å². The second-order valence-electron chi connectivity index (χ2n) is 4.04. The summed E-state index contributed by atoms with van der Waals surface area (Å²) in [6, 6.07) is 0.333. The van der Waals surface area contributed by atoms with Gasteiger partial charge in [-0.15, -0.1) is 5.10 Å². The van der Waals surface area contributed by atoms with Gasteiger partial charge in [0.1, 0.15) is 0 Å². The first kappa shape index (κ1) is 10.9. The zero-order valence-electron chi connectivity index (χ0n) is 9.13. The number of hydrogen-bond acceptors (Lipinski definition) is 5. The number of nitrogens with zero attached hydrogens (tertiary/aromatic N) is 4. The highest BCUT2D eigenvalue weighted by Gasteiger charge is 2.31.